The zero-order chi connectivity index (χ0) is 21.9. The maximum Gasteiger partial charge on any atom is 0.302 e. The molecule has 5 atom stereocenters. The van der Waals surface area contributed by atoms with Crippen LogP contribution in [0.2, 0.25) is 0 Å². The van der Waals surface area contributed by atoms with E-state index >= 15 is 0 Å². The molecule has 0 aromatic rings. The minimum atomic E-state index is -0.347. The molecule has 0 fully saturated rings. The summed E-state index contributed by atoms with van der Waals surface area (Å²) in [5, 5.41) is 0. The first-order valence-electron chi connectivity index (χ1n) is 10.5. The van der Waals surface area contributed by atoms with Gasteiger partial charge < -0.3 is 14.2 Å². The summed E-state index contributed by atoms with van der Waals surface area (Å²) in [5.74, 6) is -0.487. The summed E-state index contributed by atoms with van der Waals surface area (Å²) >= 11 is 0. The maximum absolute atomic E-state index is 11.8. The number of carbonyl (C=O) groups is 3. The normalized spacial score (nSPS) is 16.6. The van der Waals surface area contributed by atoms with Crippen molar-refractivity contribution in [3.05, 3.63) is 0 Å². The van der Waals surface area contributed by atoms with Crippen molar-refractivity contribution in [1.82, 2.24) is 0 Å². The standard InChI is InChI=1S/C22H40O6/c1-9-10-20(21(11-14(2)3)27-18(7)24)22(28-19(8)25)13-15(4)12-16(5)26-17(6)23/h14-16,20-22H,9-13H2,1-8H3. The average molecular weight is 401 g/mol. The number of esters is 3. The molecule has 6 nitrogen and oxygen atoms in total. The quantitative estimate of drug-likeness (QED) is 0.330. The van der Waals surface area contributed by atoms with Crippen LogP contribution in [0.5, 0.6) is 0 Å². The highest BCUT2D eigenvalue weighted by Gasteiger charge is 2.35. The Hall–Kier alpha value is -1.59. The SMILES string of the molecule is CCCC(C(CC(C)C)OC(C)=O)C(CC(C)CC(C)OC(C)=O)OC(C)=O. The van der Waals surface area contributed by atoms with Gasteiger partial charge in [0.15, 0.2) is 0 Å². The zero-order valence-corrected chi connectivity index (χ0v) is 18.9. The van der Waals surface area contributed by atoms with E-state index in [0.29, 0.717) is 18.8 Å². The maximum atomic E-state index is 11.8. The summed E-state index contributed by atoms with van der Waals surface area (Å²) in [7, 11) is 0. The van der Waals surface area contributed by atoms with E-state index in [-0.39, 0.29) is 48.1 Å². The Morgan fingerprint density at radius 3 is 1.57 bits per heavy atom. The van der Waals surface area contributed by atoms with Gasteiger partial charge >= 0.3 is 17.9 Å². The zero-order valence-electron chi connectivity index (χ0n) is 18.9. The van der Waals surface area contributed by atoms with Crippen LogP contribution in [0, 0.1) is 17.8 Å². The van der Waals surface area contributed by atoms with E-state index in [1.165, 1.54) is 20.8 Å². The van der Waals surface area contributed by atoms with Gasteiger partial charge in [0.25, 0.3) is 0 Å². The van der Waals surface area contributed by atoms with Crippen molar-refractivity contribution >= 4 is 17.9 Å². The first-order chi connectivity index (χ1) is 13.0. The second kappa shape index (κ2) is 13.6. The minimum Gasteiger partial charge on any atom is -0.463 e. The highest BCUT2D eigenvalue weighted by atomic mass is 16.6. The van der Waals surface area contributed by atoms with Crippen molar-refractivity contribution in [3.63, 3.8) is 0 Å². The number of hydrogen-bond acceptors (Lipinski definition) is 6. The highest BCUT2D eigenvalue weighted by Crippen LogP contribution is 2.31. The molecular weight excluding hydrogens is 360 g/mol. The van der Waals surface area contributed by atoms with Crippen LogP contribution in [0.25, 0.3) is 0 Å². The number of ether oxygens (including phenoxy) is 3. The van der Waals surface area contributed by atoms with Crippen molar-refractivity contribution in [2.45, 2.75) is 106 Å². The van der Waals surface area contributed by atoms with Crippen molar-refractivity contribution in [3.8, 4) is 0 Å². The van der Waals surface area contributed by atoms with Crippen molar-refractivity contribution in [2.24, 2.45) is 17.8 Å². The van der Waals surface area contributed by atoms with Gasteiger partial charge in [0.05, 0.1) is 6.10 Å². The predicted octanol–water partition coefficient (Wildman–Crippen LogP) is 4.68. The summed E-state index contributed by atoms with van der Waals surface area (Å²) in [5.41, 5.74) is 0. The lowest BCUT2D eigenvalue weighted by molar-refractivity contribution is -0.161. The average Bonchev–Trinajstić information content (AvgIpc) is 2.48. The lowest BCUT2D eigenvalue weighted by Crippen LogP contribution is -2.39. The van der Waals surface area contributed by atoms with Gasteiger partial charge in [0.1, 0.15) is 12.2 Å². The summed E-state index contributed by atoms with van der Waals surface area (Å²) in [6.07, 6.45) is 2.89. The molecule has 28 heavy (non-hydrogen) atoms. The number of rotatable bonds is 13. The molecular formula is C22H40O6. The molecule has 0 heterocycles. The van der Waals surface area contributed by atoms with E-state index in [2.05, 4.69) is 27.7 Å². The molecule has 0 saturated carbocycles. The summed E-state index contributed by atoms with van der Waals surface area (Å²) in [4.78, 5) is 34.6. The molecule has 0 aromatic heterocycles. The minimum absolute atomic E-state index is 0.0633. The molecule has 0 aliphatic carbocycles. The molecule has 0 amide bonds. The first kappa shape index (κ1) is 26.4. The number of carbonyl (C=O) groups excluding carboxylic acids is 3. The number of hydrogen-bond donors (Lipinski definition) is 0. The van der Waals surface area contributed by atoms with Crippen LogP contribution in [0.15, 0.2) is 0 Å². The third kappa shape index (κ3) is 12.0. The van der Waals surface area contributed by atoms with Crippen molar-refractivity contribution in [1.29, 1.82) is 0 Å². The summed E-state index contributed by atoms with van der Waals surface area (Å²) < 4.78 is 16.6. The fourth-order valence-electron chi connectivity index (χ4n) is 3.85. The topological polar surface area (TPSA) is 78.9 Å². The Bertz CT molecular complexity index is 487. The van der Waals surface area contributed by atoms with Gasteiger partial charge in [-0.05, 0) is 44.4 Å². The van der Waals surface area contributed by atoms with Gasteiger partial charge in [-0.3, -0.25) is 14.4 Å². The molecule has 0 rings (SSSR count). The second-order valence-corrected chi connectivity index (χ2v) is 8.37. The van der Waals surface area contributed by atoms with Crippen LogP contribution in [0.1, 0.15) is 87.5 Å². The molecule has 0 aliphatic rings. The van der Waals surface area contributed by atoms with Gasteiger partial charge in [-0.15, -0.1) is 0 Å². The van der Waals surface area contributed by atoms with Gasteiger partial charge in [0.2, 0.25) is 0 Å². The lowest BCUT2D eigenvalue weighted by atomic mass is 9.82. The summed E-state index contributed by atoms with van der Waals surface area (Å²) in [6, 6.07) is 0. The third-order valence-corrected chi connectivity index (χ3v) is 4.65. The van der Waals surface area contributed by atoms with Crippen LogP contribution in [0.3, 0.4) is 0 Å². The van der Waals surface area contributed by atoms with Crippen LogP contribution in [-0.2, 0) is 28.6 Å². The van der Waals surface area contributed by atoms with Crippen molar-refractivity contribution < 1.29 is 28.6 Å². The Kier molecular flexibility index (Phi) is 12.8. The smallest absolute Gasteiger partial charge is 0.302 e. The molecule has 0 bridgehead atoms. The molecule has 6 heteroatoms. The second-order valence-electron chi connectivity index (χ2n) is 8.37. The van der Waals surface area contributed by atoms with Crippen LogP contribution in [0.4, 0.5) is 0 Å². The van der Waals surface area contributed by atoms with E-state index in [1.807, 2.05) is 6.92 Å². The molecule has 0 spiro atoms. The fourth-order valence-corrected chi connectivity index (χ4v) is 3.85. The molecule has 0 saturated heterocycles. The monoisotopic (exact) mass is 400 g/mol. The van der Waals surface area contributed by atoms with E-state index in [1.54, 1.807) is 0 Å². The van der Waals surface area contributed by atoms with Gasteiger partial charge in [0, 0.05) is 26.7 Å². The molecule has 0 aliphatic heterocycles. The highest BCUT2D eigenvalue weighted by molar-refractivity contribution is 5.67. The van der Waals surface area contributed by atoms with E-state index in [0.717, 1.165) is 19.3 Å². The Balaban J connectivity index is 5.44. The van der Waals surface area contributed by atoms with Crippen LogP contribution >= 0.6 is 0 Å². The van der Waals surface area contributed by atoms with Gasteiger partial charge in [-0.2, -0.15) is 0 Å². The predicted molar refractivity (Wildman–Crippen MR) is 109 cm³/mol. The largest absolute Gasteiger partial charge is 0.463 e. The lowest BCUT2D eigenvalue weighted by Gasteiger charge is -2.35. The summed E-state index contributed by atoms with van der Waals surface area (Å²) in [6.45, 7) is 14.4. The van der Waals surface area contributed by atoms with Crippen LogP contribution < -0.4 is 0 Å². The molecule has 5 unspecified atom stereocenters. The van der Waals surface area contributed by atoms with Crippen molar-refractivity contribution in [2.75, 3.05) is 0 Å². The third-order valence-electron chi connectivity index (χ3n) is 4.65. The Labute approximate surface area is 170 Å². The first-order valence-corrected chi connectivity index (χ1v) is 10.5. The van der Waals surface area contributed by atoms with Gasteiger partial charge in [-0.1, -0.05) is 34.1 Å². The molecule has 0 N–H and O–H groups in total. The molecule has 0 aromatic carbocycles. The Morgan fingerprint density at radius 1 is 0.714 bits per heavy atom. The van der Waals surface area contributed by atoms with E-state index in [4.69, 9.17) is 14.2 Å². The molecule has 164 valence electrons. The molecule has 0 radical (unpaired) electrons. The fraction of sp³-hybridized carbons (Fsp3) is 0.864. The van der Waals surface area contributed by atoms with Crippen LogP contribution in [-0.4, -0.2) is 36.2 Å². The van der Waals surface area contributed by atoms with Gasteiger partial charge in [-0.25, -0.2) is 0 Å². The van der Waals surface area contributed by atoms with E-state index in [9.17, 15) is 14.4 Å². The Morgan fingerprint density at radius 2 is 1.18 bits per heavy atom. The van der Waals surface area contributed by atoms with E-state index < -0.39 is 0 Å².